The molecule has 6 nitrogen and oxygen atoms in total. The monoisotopic (exact) mass is 449 g/mol. The second kappa shape index (κ2) is 8.43. The minimum absolute atomic E-state index is 0.190. The summed E-state index contributed by atoms with van der Waals surface area (Å²) in [6.07, 6.45) is 0. The van der Waals surface area contributed by atoms with Crippen LogP contribution in [0.3, 0.4) is 0 Å². The van der Waals surface area contributed by atoms with Gasteiger partial charge in [-0.25, -0.2) is 9.07 Å². The highest BCUT2D eigenvalue weighted by Crippen LogP contribution is 2.25. The first kappa shape index (κ1) is 21.5. The summed E-state index contributed by atoms with van der Waals surface area (Å²) in [6, 6.07) is 17.0. The van der Waals surface area contributed by atoms with Crippen LogP contribution in [0, 0.1) is 18.2 Å². The van der Waals surface area contributed by atoms with E-state index in [-0.39, 0.29) is 17.2 Å². The van der Waals surface area contributed by atoms with Crippen molar-refractivity contribution < 1.29 is 9.18 Å². The Balaban J connectivity index is 1.68. The fraction of sp³-hybridized carbons (Fsp3) is 0.125. The zero-order chi connectivity index (χ0) is 23.0. The SMILES string of the molecule is Cc1cc(C(=O)Nc2ccc(C(=N)N(C)C)c(Cl)c2)n(-c2cc3ccccc3cc2F)n1. The number of halogens is 2. The number of amidine groups is 1. The molecule has 0 fully saturated rings. The average molecular weight is 450 g/mol. The van der Waals surface area contributed by atoms with Crippen LogP contribution in [0.1, 0.15) is 21.7 Å². The number of aryl methyl sites for hydroxylation is 1. The number of aromatic nitrogens is 2. The van der Waals surface area contributed by atoms with Gasteiger partial charge in [-0.1, -0.05) is 35.9 Å². The largest absolute Gasteiger partial charge is 0.363 e. The number of fused-ring (bicyclic) bond motifs is 1. The van der Waals surface area contributed by atoms with Gasteiger partial charge in [0.05, 0.1) is 10.7 Å². The first-order valence-corrected chi connectivity index (χ1v) is 10.2. The van der Waals surface area contributed by atoms with Gasteiger partial charge in [0, 0.05) is 25.3 Å². The Hall–Kier alpha value is -3.71. The highest BCUT2D eigenvalue weighted by Gasteiger charge is 2.19. The molecular formula is C24H21ClFN5O. The van der Waals surface area contributed by atoms with Gasteiger partial charge in [-0.15, -0.1) is 0 Å². The molecule has 162 valence electrons. The third-order valence-electron chi connectivity index (χ3n) is 5.04. The number of nitrogens with zero attached hydrogens (tertiary/aromatic N) is 3. The van der Waals surface area contributed by atoms with Crippen LogP contribution in [0.4, 0.5) is 10.1 Å². The molecule has 4 rings (SSSR count). The van der Waals surface area contributed by atoms with E-state index in [1.165, 1.54) is 10.7 Å². The Bertz CT molecular complexity index is 1360. The van der Waals surface area contributed by atoms with Crippen LogP contribution in [0.5, 0.6) is 0 Å². The number of hydrogen-bond donors (Lipinski definition) is 2. The molecule has 1 aromatic heterocycles. The fourth-order valence-corrected chi connectivity index (χ4v) is 3.70. The van der Waals surface area contributed by atoms with Crippen molar-refractivity contribution in [3.63, 3.8) is 0 Å². The van der Waals surface area contributed by atoms with Crippen molar-refractivity contribution in [3.8, 4) is 5.69 Å². The Labute approximate surface area is 189 Å². The Morgan fingerprint density at radius 2 is 1.78 bits per heavy atom. The van der Waals surface area contributed by atoms with E-state index in [2.05, 4.69) is 10.4 Å². The molecule has 0 aliphatic carbocycles. The van der Waals surface area contributed by atoms with Gasteiger partial charge < -0.3 is 10.2 Å². The van der Waals surface area contributed by atoms with Crippen LogP contribution in [0.2, 0.25) is 5.02 Å². The van der Waals surface area contributed by atoms with E-state index >= 15 is 0 Å². The van der Waals surface area contributed by atoms with Gasteiger partial charge in [0.2, 0.25) is 0 Å². The third kappa shape index (κ3) is 4.07. The zero-order valence-corrected chi connectivity index (χ0v) is 18.5. The lowest BCUT2D eigenvalue weighted by atomic mass is 10.1. The van der Waals surface area contributed by atoms with E-state index in [4.69, 9.17) is 17.0 Å². The molecule has 8 heteroatoms. The molecule has 0 unspecified atom stereocenters. The summed E-state index contributed by atoms with van der Waals surface area (Å²) in [5.41, 5.74) is 1.97. The Kier molecular flexibility index (Phi) is 5.67. The maximum atomic E-state index is 14.9. The lowest BCUT2D eigenvalue weighted by Gasteiger charge is -2.16. The molecule has 1 heterocycles. The molecule has 2 N–H and O–H groups in total. The van der Waals surface area contributed by atoms with Crippen molar-refractivity contribution in [2.24, 2.45) is 0 Å². The molecule has 0 aliphatic heterocycles. The molecule has 0 saturated heterocycles. The molecule has 0 spiro atoms. The highest BCUT2D eigenvalue weighted by atomic mass is 35.5. The van der Waals surface area contributed by atoms with Crippen LogP contribution >= 0.6 is 11.6 Å². The maximum Gasteiger partial charge on any atom is 0.274 e. The van der Waals surface area contributed by atoms with Gasteiger partial charge in [-0.2, -0.15) is 5.10 Å². The number of carbonyl (C=O) groups excluding carboxylic acids is 1. The van der Waals surface area contributed by atoms with Crippen molar-refractivity contribution in [3.05, 3.63) is 88.5 Å². The quantitative estimate of drug-likeness (QED) is 0.329. The predicted octanol–water partition coefficient (Wildman–Crippen LogP) is 5.27. The number of hydrogen-bond acceptors (Lipinski definition) is 3. The van der Waals surface area contributed by atoms with Crippen LogP contribution in [0.25, 0.3) is 16.5 Å². The second-order valence-electron chi connectivity index (χ2n) is 7.63. The summed E-state index contributed by atoms with van der Waals surface area (Å²) in [5, 5.41) is 17.2. The zero-order valence-electron chi connectivity index (χ0n) is 17.8. The van der Waals surface area contributed by atoms with Crippen LogP contribution in [-0.4, -0.2) is 40.5 Å². The summed E-state index contributed by atoms with van der Waals surface area (Å²) in [5.74, 6) is -0.673. The molecule has 32 heavy (non-hydrogen) atoms. The number of amides is 1. The van der Waals surface area contributed by atoms with E-state index < -0.39 is 11.7 Å². The van der Waals surface area contributed by atoms with Gasteiger partial charge >= 0.3 is 0 Å². The fourth-order valence-electron chi connectivity index (χ4n) is 3.43. The predicted molar refractivity (Wildman–Crippen MR) is 126 cm³/mol. The number of benzene rings is 3. The molecule has 0 radical (unpaired) electrons. The number of nitrogens with one attached hydrogen (secondary N) is 2. The molecule has 0 atom stereocenters. The van der Waals surface area contributed by atoms with Gasteiger partial charge in [-0.05, 0) is 54.1 Å². The molecule has 0 bridgehead atoms. The number of rotatable bonds is 4. The summed E-state index contributed by atoms with van der Waals surface area (Å²) < 4.78 is 16.2. The van der Waals surface area contributed by atoms with Gasteiger partial charge in [0.25, 0.3) is 5.91 Å². The van der Waals surface area contributed by atoms with Crippen LogP contribution in [-0.2, 0) is 0 Å². The standard InChI is InChI=1S/C24H21ClFN5O/c1-14-10-22(24(32)28-17-8-9-18(19(25)13-17)23(27)30(2)3)31(29-14)21-12-16-7-5-4-6-15(16)11-20(21)26/h4-13,27H,1-3H3,(H,28,32). The lowest BCUT2D eigenvalue weighted by molar-refractivity contribution is 0.101. The van der Waals surface area contributed by atoms with E-state index in [1.807, 2.05) is 24.3 Å². The van der Waals surface area contributed by atoms with Crippen molar-refractivity contribution in [2.45, 2.75) is 6.92 Å². The molecule has 0 saturated carbocycles. The molecule has 4 aromatic rings. The highest BCUT2D eigenvalue weighted by molar-refractivity contribution is 6.34. The lowest BCUT2D eigenvalue weighted by Crippen LogP contribution is -2.22. The van der Waals surface area contributed by atoms with E-state index in [9.17, 15) is 9.18 Å². The smallest absolute Gasteiger partial charge is 0.274 e. The topological polar surface area (TPSA) is 74.0 Å². The van der Waals surface area contributed by atoms with E-state index in [1.54, 1.807) is 56.3 Å². The third-order valence-corrected chi connectivity index (χ3v) is 5.35. The molecular weight excluding hydrogens is 429 g/mol. The maximum absolute atomic E-state index is 14.9. The van der Waals surface area contributed by atoms with E-state index in [0.29, 0.717) is 22.0 Å². The van der Waals surface area contributed by atoms with Crippen molar-refractivity contribution in [1.29, 1.82) is 5.41 Å². The van der Waals surface area contributed by atoms with Crippen molar-refractivity contribution in [2.75, 3.05) is 19.4 Å². The summed E-state index contributed by atoms with van der Waals surface area (Å²) in [4.78, 5) is 14.7. The van der Waals surface area contributed by atoms with Crippen LogP contribution in [0.15, 0.2) is 60.7 Å². The minimum Gasteiger partial charge on any atom is -0.363 e. The van der Waals surface area contributed by atoms with Gasteiger partial charge in [0.1, 0.15) is 23.0 Å². The molecule has 1 amide bonds. The van der Waals surface area contributed by atoms with E-state index in [0.717, 1.165) is 10.8 Å². The second-order valence-corrected chi connectivity index (χ2v) is 8.03. The summed E-state index contributed by atoms with van der Waals surface area (Å²) in [6.45, 7) is 1.74. The van der Waals surface area contributed by atoms with Crippen molar-refractivity contribution >= 4 is 39.8 Å². The first-order valence-electron chi connectivity index (χ1n) is 9.87. The van der Waals surface area contributed by atoms with Crippen LogP contribution < -0.4 is 5.32 Å². The minimum atomic E-state index is -0.476. The number of anilines is 1. The molecule has 0 aliphatic rings. The molecule has 3 aromatic carbocycles. The summed E-state index contributed by atoms with van der Waals surface area (Å²) >= 11 is 6.32. The summed E-state index contributed by atoms with van der Waals surface area (Å²) in [7, 11) is 3.51. The average Bonchev–Trinajstić information content (AvgIpc) is 3.14. The Morgan fingerprint density at radius 1 is 1.09 bits per heavy atom. The van der Waals surface area contributed by atoms with Crippen molar-refractivity contribution in [1.82, 2.24) is 14.7 Å². The first-order chi connectivity index (χ1) is 15.2. The Morgan fingerprint density at radius 3 is 2.44 bits per heavy atom. The normalized spacial score (nSPS) is 10.9. The van der Waals surface area contributed by atoms with Gasteiger partial charge in [0.15, 0.2) is 0 Å². The number of carbonyl (C=O) groups is 1. The van der Waals surface area contributed by atoms with Gasteiger partial charge in [-0.3, -0.25) is 10.2 Å².